The molecule has 26 heavy (non-hydrogen) atoms. The SMILES string of the molecule is C=C(COc1cccc(CCC(N)=O)c1)Nc1cc(OC)cc(OC)c1. The van der Waals surface area contributed by atoms with Crippen molar-refractivity contribution in [1.29, 1.82) is 0 Å². The third-order valence-corrected chi connectivity index (χ3v) is 3.64. The first-order chi connectivity index (χ1) is 12.5. The second-order valence-electron chi connectivity index (χ2n) is 5.73. The first-order valence-corrected chi connectivity index (χ1v) is 8.18. The van der Waals surface area contributed by atoms with Crippen LogP contribution in [0.5, 0.6) is 17.2 Å². The lowest BCUT2D eigenvalue weighted by molar-refractivity contribution is -0.117. The second kappa shape index (κ2) is 9.36. The number of amides is 1. The fourth-order valence-corrected chi connectivity index (χ4v) is 2.35. The molecule has 0 saturated heterocycles. The van der Waals surface area contributed by atoms with Gasteiger partial charge < -0.3 is 25.3 Å². The first kappa shape index (κ1) is 19.2. The van der Waals surface area contributed by atoms with Gasteiger partial charge in [0.2, 0.25) is 5.91 Å². The quantitative estimate of drug-likeness (QED) is 0.683. The number of rotatable bonds is 10. The lowest BCUT2D eigenvalue weighted by Gasteiger charge is -2.14. The molecule has 0 radical (unpaired) electrons. The van der Waals surface area contributed by atoms with Crippen molar-refractivity contribution in [2.24, 2.45) is 5.73 Å². The molecule has 3 N–H and O–H groups in total. The summed E-state index contributed by atoms with van der Waals surface area (Å²) in [5, 5.41) is 3.18. The van der Waals surface area contributed by atoms with Gasteiger partial charge in [0.25, 0.3) is 0 Å². The van der Waals surface area contributed by atoms with Gasteiger partial charge in [-0.05, 0) is 24.1 Å². The summed E-state index contributed by atoms with van der Waals surface area (Å²) in [5.41, 5.74) is 7.66. The molecule has 0 fully saturated rings. The number of primary amides is 1. The zero-order valence-corrected chi connectivity index (χ0v) is 15.1. The minimum absolute atomic E-state index is 0.290. The largest absolute Gasteiger partial charge is 0.497 e. The molecule has 6 heteroatoms. The molecule has 2 aromatic rings. The maximum Gasteiger partial charge on any atom is 0.217 e. The normalized spacial score (nSPS) is 10.1. The molecule has 6 nitrogen and oxygen atoms in total. The van der Waals surface area contributed by atoms with Crippen LogP contribution in [0, 0.1) is 0 Å². The fraction of sp³-hybridized carbons (Fsp3) is 0.250. The Kier molecular flexibility index (Phi) is 6.91. The highest BCUT2D eigenvalue weighted by Crippen LogP contribution is 2.26. The molecule has 0 aromatic heterocycles. The molecule has 2 aromatic carbocycles. The molecule has 138 valence electrons. The van der Waals surface area contributed by atoms with Crippen LogP contribution < -0.4 is 25.3 Å². The van der Waals surface area contributed by atoms with Crippen LogP contribution in [0.4, 0.5) is 5.69 Å². The smallest absolute Gasteiger partial charge is 0.217 e. The Labute approximate surface area is 153 Å². The number of hydrogen-bond donors (Lipinski definition) is 2. The summed E-state index contributed by atoms with van der Waals surface area (Å²) in [7, 11) is 3.20. The Bertz CT molecular complexity index is 752. The summed E-state index contributed by atoms with van der Waals surface area (Å²) in [6.45, 7) is 4.27. The topological polar surface area (TPSA) is 82.8 Å². The molecule has 0 saturated carbocycles. The highest BCUT2D eigenvalue weighted by Gasteiger charge is 2.05. The molecule has 0 unspecified atom stereocenters. The van der Waals surface area contributed by atoms with Crippen molar-refractivity contribution in [3.8, 4) is 17.2 Å². The van der Waals surface area contributed by atoms with Gasteiger partial charge in [-0.1, -0.05) is 18.7 Å². The highest BCUT2D eigenvalue weighted by molar-refractivity contribution is 5.74. The predicted octanol–water partition coefficient (Wildman–Crippen LogP) is 3.13. The first-order valence-electron chi connectivity index (χ1n) is 8.18. The van der Waals surface area contributed by atoms with E-state index in [1.165, 1.54) is 0 Å². The summed E-state index contributed by atoms with van der Waals surface area (Å²) >= 11 is 0. The Hall–Kier alpha value is -3.15. The fourth-order valence-electron chi connectivity index (χ4n) is 2.35. The van der Waals surface area contributed by atoms with Crippen LogP contribution in [0.2, 0.25) is 0 Å². The van der Waals surface area contributed by atoms with Crippen LogP contribution in [-0.4, -0.2) is 26.7 Å². The molecule has 1 amide bonds. The minimum atomic E-state index is -0.317. The van der Waals surface area contributed by atoms with Crippen molar-refractivity contribution < 1.29 is 19.0 Å². The number of hydrogen-bond acceptors (Lipinski definition) is 5. The van der Waals surface area contributed by atoms with Crippen LogP contribution in [0.1, 0.15) is 12.0 Å². The van der Waals surface area contributed by atoms with Gasteiger partial charge in [-0.25, -0.2) is 0 Å². The summed E-state index contributed by atoms with van der Waals surface area (Å²) in [4.78, 5) is 10.9. The number of ether oxygens (including phenoxy) is 3. The van der Waals surface area contributed by atoms with Crippen LogP contribution in [-0.2, 0) is 11.2 Å². The van der Waals surface area contributed by atoms with Crippen molar-refractivity contribution in [3.05, 3.63) is 60.3 Å². The molecule has 0 aliphatic carbocycles. The summed E-state index contributed by atoms with van der Waals surface area (Å²) in [6.07, 6.45) is 0.907. The zero-order chi connectivity index (χ0) is 18.9. The second-order valence-corrected chi connectivity index (χ2v) is 5.73. The molecule has 0 aliphatic rings. The molecule has 0 atom stereocenters. The molecule has 0 bridgehead atoms. The molecular formula is C20H24N2O4. The van der Waals surface area contributed by atoms with Crippen molar-refractivity contribution in [2.75, 3.05) is 26.1 Å². The van der Waals surface area contributed by atoms with E-state index in [2.05, 4.69) is 11.9 Å². The molecule has 0 heterocycles. The van der Waals surface area contributed by atoms with E-state index >= 15 is 0 Å². The van der Waals surface area contributed by atoms with Gasteiger partial charge in [0.05, 0.1) is 14.2 Å². The lowest BCUT2D eigenvalue weighted by Crippen LogP contribution is -2.11. The maximum absolute atomic E-state index is 10.9. The molecule has 0 aliphatic heterocycles. The van der Waals surface area contributed by atoms with Crippen LogP contribution in [0.15, 0.2) is 54.7 Å². The van der Waals surface area contributed by atoms with Gasteiger partial charge in [0, 0.05) is 36.0 Å². The summed E-state index contributed by atoms with van der Waals surface area (Å²) < 4.78 is 16.3. The van der Waals surface area contributed by atoms with E-state index in [-0.39, 0.29) is 5.91 Å². The molecule has 0 spiro atoms. The van der Waals surface area contributed by atoms with E-state index in [0.29, 0.717) is 42.4 Å². The van der Waals surface area contributed by atoms with Crippen molar-refractivity contribution >= 4 is 11.6 Å². The van der Waals surface area contributed by atoms with E-state index in [0.717, 1.165) is 11.3 Å². The van der Waals surface area contributed by atoms with Crippen molar-refractivity contribution in [2.45, 2.75) is 12.8 Å². The van der Waals surface area contributed by atoms with Crippen LogP contribution >= 0.6 is 0 Å². The van der Waals surface area contributed by atoms with E-state index in [4.69, 9.17) is 19.9 Å². The van der Waals surface area contributed by atoms with Gasteiger partial charge in [0.15, 0.2) is 0 Å². The Balaban J connectivity index is 1.92. The summed E-state index contributed by atoms with van der Waals surface area (Å²) in [5.74, 6) is 1.76. The van der Waals surface area contributed by atoms with Crippen molar-refractivity contribution in [1.82, 2.24) is 0 Å². The molecule has 2 rings (SSSR count). The van der Waals surface area contributed by atoms with Crippen molar-refractivity contribution in [3.63, 3.8) is 0 Å². The molecular weight excluding hydrogens is 332 g/mol. The zero-order valence-electron chi connectivity index (χ0n) is 15.1. The summed E-state index contributed by atoms with van der Waals surface area (Å²) in [6, 6.07) is 13.1. The highest BCUT2D eigenvalue weighted by atomic mass is 16.5. The van der Waals surface area contributed by atoms with E-state index < -0.39 is 0 Å². The van der Waals surface area contributed by atoms with Gasteiger partial charge in [-0.2, -0.15) is 0 Å². The van der Waals surface area contributed by atoms with E-state index in [1.54, 1.807) is 20.3 Å². The average molecular weight is 356 g/mol. The van der Waals surface area contributed by atoms with Crippen LogP contribution in [0.3, 0.4) is 0 Å². The van der Waals surface area contributed by atoms with E-state index in [1.807, 2.05) is 36.4 Å². The Morgan fingerprint density at radius 2 is 1.77 bits per heavy atom. The number of benzene rings is 2. The number of methoxy groups -OCH3 is 2. The number of aryl methyl sites for hydroxylation is 1. The lowest BCUT2D eigenvalue weighted by atomic mass is 10.1. The minimum Gasteiger partial charge on any atom is -0.497 e. The average Bonchev–Trinajstić information content (AvgIpc) is 2.64. The van der Waals surface area contributed by atoms with E-state index in [9.17, 15) is 4.79 Å². The van der Waals surface area contributed by atoms with Gasteiger partial charge in [0.1, 0.15) is 23.9 Å². The predicted molar refractivity (Wildman–Crippen MR) is 102 cm³/mol. The van der Waals surface area contributed by atoms with Crippen LogP contribution in [0.25, 0.3) is 0 Å². The number of nitrogens with one attached hydrogen (secondary N) is 1. The number of anilines is 1. The third-order valence-electron chi connectivity index (χ3n) is 3.64. The maximum atomic E-state index is 10.9. The van der Waals surface area contributed by atoms with Gasteiger partial charge in [-0.3, -0.25) is 4.79 Å². The monoisotopic (exact) mass is 356 g/mol. The Morgan fingerprint density at radius 3 is 2.38 bits per heavy atom. The third kappa shape index (κ3) is 6.05. The number of nitrogens with two attached hydrogens (primary N) is 1. The number of carbonyl (C=O) groups excluding carboxylic acids is 1. The number of carbonyl (C=O) groups is 1. The standard InChI is InChI=1S/C20H24N2O4/c1-14(22-16-10-18(24-2)12-19(11-16)25-3)13-26-17-6-4-5-15(9-17)7-8-20(21)23/h4-6,9-12,22H,1,7-8,13H2,2-3H3,(H2,21,23). The van der Waals surface area contributed by atoms with Gasteiger partial charge >= 0.3 is 0 Å². The Morgan fingerprint density at radius 1 is 1.08 bits per heavy atom. The van der Waals surface area contributed by atoms with Gasteiger partial charge in [-0.15, -0.1) is 0 Å².